The number of aliphatic hydroxyl groups excluding tert-OH is 1. The number of aliphatic hydroxyl groups is 1. The molecule has 1 N–H and O–H groups in total. The predicted molar refractivity (Wildman–Crippen MR) is 142 cm³/mol. The van der Waals surface area contributed by atoms with E-state index in [0.29, 0.717) is 11.4 Å². The molecule has 3 heterocycles. The van der Waals surface area contributed by atoms with Crippen LogP contribution >= 0.6 is 11.6 Å². The summed E-state index contributed by atoms with van der Waals surface area (Å²) in [6.07, 6.45) is 1.47. The van der Waals surface area contributed by atoms with Crippen LogP contribution in [0.1, 0.15) is 22.9 Å². The van der Waals surface area contributed by atoms with Gasteiger partial charge in [0.15, 0.2) is 0 Å². The lowest BCUT2D eigenvalue weighted by Gasteiger charge is -2.34. The number of furan rings is 1. The summed E-state index contributed by atoms with van der Waals surface area (Å²) in [5.74, 6) is -1.39. The van der Waals surface area contributed by atoms with Gasteiger partial charge in [0, 0.05) is 37.6 Å². The number of aryl methyl sites for hydroxylation is 1. The van der Waals surface area contributed by atoms with Crippen molar-refractivity contribution in [3.05, 3.63) is 82.3 Å². The molecule has 1 unspecified atom stereocenters. The van der Waals surface area contributed by atoms with Crippen molar-refractivity contribution in [2.24, 2.45) is 0 Å². The van der Waals surface area contributed by atoms with Gasteiger partial charge in [-0.15, -0.1) is 0 Å². The molecule has 0 radical (unpaired) electrons. The molecule has 2 fully saturated rings. The number of rotatable bonds is 5. The van der Waals surface area contributed by atoms with E-state index in [9.17, 15) is 14.7 Å². The Balaban J connectivity index is 1.59. The summed E-state index contributed by atoms with van der Waals surface area (Å²) in [6.45, 7) is 5.58. The zero-order valence-electron chi connectivity index (χ0n) is 20.9. The van der Waals surface area contributed by atoms with E-state index in [-0.39, 0.29) is 27.7 Å². The molecule has 0 spiro atoms. The minimum atomic E-state index is -0.964. The van der Waals surface area contributed by atoms with Gasteiger partial charge in [-0.3, -0.25) is 14.5 Å². The molecule has 5 rings (SSSR count). The van der Waals surface area contributed by atoms with Crippen LogP contribution in [-0.2, 0) is 9.59 Å². The maximum Gasteiger partial charge on any atom is 0.300 e. The number of ether oxygens (including phenoxy) is 1. The van der Waals surface area contributed by atoms with Crippen LogP contribution in [0.15, 0.2) is 64.8 Å². The van der Waals surface area contributed by atoms with Gasteiger partial charge in [-0.2, -0.15) is 0 Å². The summed E-state index contributed by atoms with van der Waals surface area (Å²) in [5.41, 5.74) is 2.46. The number of amides is 1. The molecule has 2 aliphatic heterocycles. The number of nitrogens with zero attached hydrogens (tertiary/aromatic N) is 3. The minimum absolute atomic E-state index is 0.0944. The van der Waals surface area contributed by atoms with E-state index >= 15 is 0 Å². The summed E-state index contributed by atoms with van der Waals surface area (Å²) in [6, 6.07) is 13.3. The van der Waals surface area contributed by atoms with Crippen LogP contribution in [0.25, 0.3) is 5.76 Å². The van der Waals surface area contributed by atoms with Gasteiger partial charge < -0.3 is 24.1 Å². The fraction of sp³-hybridized carbons (Fsp3) is 0.286. The number of likely N-dealkylation sites (N-methyl/N-ethyl adjacent to an activating group) is 1. The highest BCUT2D eigenvalue weighted by atomic mass is 35.5. The molecular formula is C28H28ClN3O5. The van der Waals surface area contributed by atoms with Gasteiger partial charge in [0.2, 0.25) is 0 Å². The molecule has 2 aromatic carbocycles. The summed E-state index contributed by atoms with van der Waals surface area (Å²) >= 11 is 6.35. The number of carbonyl (C=O) groups is 2. The number of methoxy groups -OCH3 is 1. The quantitative estimate of drug-likeness (QED) is 0.297. The van der Waals surface area contributed by atoms with Crippen LogP contribution < -0.4 is 14.5 Å². The molecule has 8 nitrogen and oxygen atoms in total. The van der Waals surface area contributed by atoms with E-state index in [1.807, 2.05) is 31.2 Å². The maximum atomic E-state index is 13.4. The highest BCUT2D eigenvalue weighted by Gasteiger charge is 2.48. The predicted octanol–water partition coefficient (Wildman–Crippen LogP) is 4.63. The van der Waals surface area contributed by atoms with Crippen LogP contribution in [0.3, 0.4) is 0 Å². The lowest BCUT2D eigenvalue weighted by atomic mass is 9.97. The molecule has 9 heteroatoms. The summed E-state index contributed by atoms with van der Waals surface area (Å²) in [7, 11) is 3.53. The SMILES string of the molecule is COc1c(Cl)cc(C)cc1/C(O)=C1/C(=O)C(=O)N(c2ccc(N3CCN(C)CC3)cc2)C1c1ccco1. The zero-order valence-corrected chi connectivity index (χ0v) is 21.7. The highest BCUT2D eigenvalue weighted by Crippen LogP contribution is 2.44. The molecular weight excluding hydrogens is 494 g/mol. The van der Waals surface area contributed by atoms with Crippen LogP contribution in [0.2, 0.25) is 5.02 Å². The van der Waals surface area contributed by atoms with E-state index in [2.05, 4.69) is 16.8 Å². The fourth-order valence-electron chi connectivity index (χ4n) is 4.96. The molecule has 1 aromatic heterocycles. The van der Waals surface area contributed by atoms with E-state index in [1.54, 1.807) is 24.3 Å². The van der Waals surface area contributed by atoms with Crippen molar-refractivity contribution in [2.45, 2.75) is 13.0 Å². The summed E-state index contributed by atoms with van der Waals surface area (Å²) in [4.78, 5) is 32.7. The lowest BCUT2D eigenvalue weighted by molar-refractivity contribution is -0.132. The second kappa shape index (κ2) is 9.95. The van der Waals surface area contributed by atoms with Crippen molar-refractivity contribution in [3.8, 4) is 5.75 Å². The Morgan fingerprint density at radius 2 is 1.73 bits per heavy atom. The number of anilines is 2. The van der Waals surface area contributed by atoms with Crippen molar-refractivity contribution in [1.82, 2.24) is 4.90 Å². The molecule has 1 atom stereocenters. The lowest BCUT2D eigenvalue weighted by Crippen LogP contribution is -2.44. The van der Waals surface area contributed by atoms with Crippen molar-refractivity contribution in [2.75, 3.05) is 50.1 Å². The topological polar surface area (TPSA) is 86.5 Å². The van der Waals surface area contributed by atoms with Crippen molar-refractivity contribution < 1.29 is 23.8 Å². The maximum absolute atomic E-state index is 13.4. The molecule has 0 saturated carbocycles. The van der Waals surface area contributed by atoms with Crippen molar-refractivity contribution >= 4 is 40.4 Å². The van der Waals surface area contributed by atoms with Gasteiger partial charge >= 0.3 is 0 Å². The van der Waals surface area contributed by atoms with Crippen molar-refractivity contribution in [1.29, 1.82) is 0 Å². The Hall–Kier alpha value is -3.75. The number of ketones is 1. The Kier molecular flexibility index (Phi) is 6.70. The zero-order chi connectivity index (χ0) is 26.3. The molecule has 0 bridgehead atoms. The number of hydrogen-bond donors (Lipinski definition) is 1. The summed E-state index contributed by atoms with van der Waals surface area (Å²) in [5, 5.41) is 11.7. The molecule has 1 amide bonds. The minimum Gasteiger partial charge on any atom is -0.507 e. The summed E-state index contributed by atoms with van der Waals surface area (Å²) < 4.78 is 11.1. The van der Waals surface area contributed by atoms with Gasteiger partial charge in [-0.25, -0.2) is 0 Å². The number of piperazine rings is 1. The highest BCUT2D eigenvalue weighted by molar-refractivity contribution is 6.51. The number of Topliss-reactive ketones (excluding diaryl/α,β-unsaturated/α-hetero) is 1. The fourth-order valence-corrected chi connectivity index (χ4v) is 5.31. The van der Waals surface area contributed by atoms with Crippen LogP contribution in [0, 0.1) is 6.92 Å². The molecule has 37 heavy (non-hydrogen) atoms. The first-order chi connectivity index (χ1) is 17.8. The first-order valence-corrected chi connectivity index (χ1v) is 12.4. The number of carbonyl (C=O) groups excluding carboxylic acids is 2. The Morgan fingerprint density at radius 3 is 2.35 bits per heavy atom. The molecule has 2 saturated heterocycles. The smallest absolute Gasteiger partial charge is 0.300 e. The molecule has 192 valence electrons. The van der Waals surface area contributed by atoms with Gasteiger partial charge in [-0.1, -0.05) is 11.6 Å². The van der Waals surface area contributed by atoms with Gasteiger partial charge in [0.1, 0.15) is 23.3 Å². The molecule has 0 aliphatic carbocycles. The average molecular weight is 522 g/mol. The van der Waals surface area contributed by atoms with Crippen molar-refractivity contribution in [3.63, 3.8) is 0 Å². The number of hydrogen-bond acceptors (Lipinski definition) is 7. The first-order valence-electron chi connectivity index (χ1n) is 12.0. The first kappa shape index (κ1) is 24.9. The average Bonchev–Trinajstić information content (AvgIpc) is 3.51. The van der Waals surface area contributed by atoms with Crippen LogP contribution in [0.5, 0.6) is 5.75 Å². The Labute approximate surface area is 220 Å². The van der Waals surface area contributed by atoms with Gasteiger partial charge in [0.25, 0.3) is 11.7 Å². The van der Waals surface area contributed by atoms with E-state index in [1.165, 1.54) is 18.3 Å². The third-order valence-corrected chi connectivity index (χ3v) is 7.18. The third kappa shape index (κ3) is 4.47. The molecule has 2 aliphatic rings. The molecule has 3 aromatic rings. The Morgan fingerprint density at radius 1 is 1.05 bits per heavy atom. The second-order valence-corrected chi connectivity index (χ2v) is 9.73. The van der Waals surface area contributed by atoms with Gasteiger partial charge in [0.05, 0.1) is 29.5 Å². The van der Waals surface area contributed by atoms with E-state index in [4.69, 9.17) is 20.8 Å². The normalized spacial score (nSPS) is 20.1. The van der Waals surface area contributed by atoms with Gasteiger partial charge in [-0.05, 0) is 68.1 Å². The second-order valence-electron chi connectivity index (χ2n) is 9.32. The van der Waals surface area contributed by atoms with Crippen LogP contribution in [0.4, 0.5) is 11.4 Å². The number of benzene rings is 2. The largest absolute Gasteiger partial charge is 0.507 e. The number of halogens is 1. The van der Waals surface area contributed by atoms with E-state index < -0.39 is 17.7 Å². The third-order valence-electron chi connectivity index (χ3n) is 6.90. The van der Waals surface area contributed by atoms with Crippen LogP contribution in [-0.4, -0.2) is 62.0 Å². The monoisotopic (exact) mass is 521 g/mol. The standard InChI is InChI=1S/C28H28ClN3O5/c1-17-15-20(27(36-3)21(29)16-17)25(33)23-24(22-5-4-14-37-22)32(28(35)26(23)34)19-8-6-18(7-9-19)31-12-10-30(2)11-13-31/h4-9,14-16,24,33H,10-13H2,1-3H3/b25-23-. The van der Waals surface area contributed by atoms with E-state index in [0.717, 1.165) is 37.4 Å². The Bertz CT molecular complexity index is 1360.